The van der Waals surface area contributed by atoms with Gasteiger partial charge in [0.2, 0.25) is 0 Å². The standard InChI is InChI=1S/C19H21NO4/c1-19(2,3)17-7-11-5-6-12(24-4)8-13(11)15-9-16(21)14(18(22)23)10-20(15)17/h5-6,8-10,17H,7H2,1-4H3,(H,22,23). The molecule has 3 rings (SSSR count). The zero-order chi connectivity index (χ0) is 17.6. The number of aromatic carboxylic acids is 1. The number of fused-ring (bicyclic) bond motifs is 3. The van der Waals surface area contributed by atoms with Crippen LogP contribution in [0.25, 0.3) is 11.3 Å². The predicted octanol–water partition coefficient (Wildman–Crippen LogP) is 3.37. The number of hydrogen-bond acceptors (Lipinski definition) is 3. The van der Waals surface area contributed by atoms with E-state index in [-0.39, 0.29) is 17.0 Å². The first-order chi connectivity index (χ1) is 11.2. The van der Waals surface area contributed by atoms with Gasteiger partial charge in [-0.3, -0.25) is 4.79 Å². The molecule has 1 aliphatic rings. The Bertz CT molecular complexity index is 874. The molecule has 0 radical (unpaired) electrons. The molecule has 0 saturated carbocycles. The first kappa shape index (κ1) is 16.3. The number of carbonyl (C=O) groups is 1. The van der Waals surface area contributed by atoms with Gasteiger partial charge >= 0.3 is 5.97 Å². The summed E-state index contributed by atoms with van der Waals surface area (Å²) in [7, 11) is 1.60. The zero-order valence-electron chi connectivity index (χ0n) is 14.3. The summed E-state index contributed by atoms with van der Waals surface area (Å²) in [5, 5.41) is 9.30. The third kappa shape index (κ3) is 2.60. The number of pyridine rings is 1. The smallest absolute Gasteiger partial charge is 0.341 e. The van der Waals surface area contributed by atoms with Crippen molar-refractivity contribution in [1.82, 2.24) is 4.57 Å². The minimum atomic E-state index is -1.20. The van der Waals surface area contributed by atoms with Crippen LogP contribution in [0.15, 0.2) is 35.3 Å². The van der Waals surface area contributed by atoms with Crippen LogP contribution in [0.1, 0.15) is 42.7 Å². The largest absolute Gasteiger partial charge is 0.497 e. The normalized spacial score (nSPS) is 16.2. The van der Waals surface area contributed by atoms with Crippen LogP contribution in [0.4, 0.5) is 0 Å². The van der Waals surface area contributed by atoms with Gasteiger partial charge in [0.1, 0.15) is 11.3 Å². The summed E-state index contributed by atoms with van der Waals surface area (Å²) in [5.74, 6) is -0.483. The van der Waals surface area contributed by atoms with E-state index in [4.69, 9.17) is 4.74 Å². The lowest BCUT2D eigenvalue weighted by molar-refractivity contribution is 0.0693. The molecule has 0 fully saturated rings. The molecule has 126 valence electrons. The van der Waals surface area contributed by atoms with Crippen LogP contribution < -0.4 is 10.2 Å². The maximum Gasteiger partial charge on any atom is 0.341 e. The Morgan fingerprint density at radius 2 is 2.00 bits per heavy atom. The van der Waals surface area contributed by atoms with Gasteiger partial charge < -0.3 is 14.4 Å². The SMILES string of the molecule is COc1ccc2c(c1)-c1cc(=O)c(C(=O)O)cn1C(C(C)(C)C)C2. The minimum absolute atomic E-state index is 0.0621. The molecule has 5 heteroatoms. The maximum atomic E-state index is 12.2. The van der Waals surface area contributed by atoms with Crippen LogP contribution in [0, 0.1) is 5.41 Å². The summed E-state index contributed by atoms with van der Waals surface area (Å²) >= 11 is 0. The number of nitrogens with zero attached hydrogens (tertiary/aromatic N) is 1. The molecular weight excluding hydrogens is 306 g/mol. The Balaban J connectivity index is 2.32. The lowest BCUT2D eigenvalue weighted by atomic mass is 9.79. The van der Waals surface area contributed by atoms with E-state index in [9.17, 15) is 14.7 Å². The summed E-state index contributed by atoms with van der Waals surface area (Å²) in [5.41, 5.74) is 2.04. The van der Waals surface area contributed by atoms with Crippen molar-refractivity contribution in [2.24, 2.45) is 5.41 Å². The number of benzene rings is 1. The van der Waals surface area contributed by atoms with Crippen LogP contribution in [-0.2, 0) is 6.42 Å². The summed E-state index contributed by atoms with van der Waals surface area (Å²) in [6.07, 6.45) is 2.26. The molecule has 0 spiro atoms. The van der Waals surface area contributed by atoms with Gasteiger partial charge in [-0.25, -0.2) is 4.79 Å². The van der Waals surface area contributed by atoms with Crippen LogP contribution in [0.3, 0.4) is 0 Å². The molecule has 0 bridgehead atoms. The lowest BCUT2D eigenvalue weighted by Crippen LogP contribution is -2.32. The number of carboxylic acid groups (broad SMARTS) is 1. The lowest BCUT2D eigenvalue weighted by Gasteiger charge is -2.39. The molecule has 1 N–H and O–H groups in total. The Morgan fingerprint density at radius 3 is 2.58 bits per heavy atom. The highest BCUT2D eigenvalue weighted by Crippen LogP contribution is 2.43. The van der Waals surface area contributed by atoms with Gasteiger partial charge in [-0.1, -0.05) is 26.8 Å². The van der Waals surface area contributed by atoms with Gasteiger partial charge in [0.15, 0.2) is 5.43 Å². The quantitative estimate of drug-likeness (QED) is 0.918. The second-order valence-electron chi connectivity index (χ2n) is 7.26. The van der Waals surface area contributed by atoms with Crippen LogP contribution >= 0.6 is 0 Å². The first-order valence-corrected chi connectivity index (χ1v) is 7.89. The fraction of sp³-hybridized carbons (Fsp3) is 0.368. The molecule has 2 aromatic rings. The number of hydrogen-bond donors (Lipinski definition) is 1. The highest BCUT2D eigenvalue weighted by atomic mass is 16.5. The molecule has 24 heavy (non-hydrogen) atoms. The second kappa shape index (κ2) is 5.51. The molecule has 5 nitrogen and oxygen atoms in total. The van der Waals surface area contributed by atoms with Crippen molar-refractivity contribution in [2.45, 2.75) is 33.2 Å². The van der Waals surface area contributed by atoms with Gasteiger partial charge in [0, 0.05) is 23.9 Å². The summed E-state index contributed by atoms with van der Waals surface area (Å²) < 4.78 is 7.24. The minimum Gasteiger partial charge on any atom is -0.497 e. The van der Waals surface area contributed by atoms with Crippen LogP contribution in [0.2, 0.25) is 0 Å². The van der Waals surface area contributed by atoms with E-state index in [1.807, 2.05) is 22.8 Å². The Morgan fingerprint density at radius 1 is 1.29 bits per heavy atom. The average molecular weight is 327 g/mol. The highest BCUT2D eigenvalue weighted by Gasteiger charge is 2.33. The second-order valence-corrected chi connectivity index (χ2v) is 7.26. The van der Waals surface area contributed by atoms with Gasteiger partial charge in [-0.05, 0) is 29.5 Å². The molecule has 1 aromatic carbocycles. The monoisotopic (exact) mass is 327 g/mol. The summed E-state index contributed by atoms with van der Waals surface area (Å²) in [4.78, 5) is 23.6. The highest BCUT2D eigenvalue weighted by molar-refractivity contribution is 5.87. The van der Waals surface area contributed by atoms with E-state index in [1.54, 1.807) is 7.11 Å². The van der Waals surface area contributed by atoms with E-state index in [1.165, 1.54) is 12.3 Å². The van der Waals surface area contributed by atoms with Crippen molar-refractivity contribution >= 4 is 5.97 Å². The number of methoxy groups -OCH3 is 1. The predicted molar refractivity (Wildman–Crippen MR) is 91.8 cm³/mol. The van der Waals surface area contributed by atoms with Crippen LogP contribution in [0.5, 0.6) is 5.75 Å². The maximum absolute atomic E-state index is 12.2. The van der Waals surface area contributed by atoms with Gasteiger partial charge in [0.05, 0.1) is 12.8 Å². The van der Waals surface area contributed by atoms with Gasteiger partial charge in [-0.15, -0.1) is 0 Å². The molecule has 1 aromatic heterocycles. The summed E-state index contributed by atoms with van der Waals surface area (Å²) in [6, 6.07) is 7.33. The number of aromatic nitrogens is 1. The van der Waals surface area contributed by atoms with E-state index >= 15 is 0 Å². The summed E-state index contributed by atoms with van der Waals surface area (Å²) in [6.45, 7) is 6.36. The first-order valence-electron chi connectivity index (χ1n) is 7.89. The fourth-order valence-corrected chi connectivity index (χ4v) is 3.31. The van der Waals surface area contributed by atoms with E-state index in [2.05, 4.69) is 20.8 Å². The topological polar surface area (TPSA) is 68.5 Å². The van der Waals surface area contributed by atoms with Crippen molar-refractivity contribution in [3.05, 3.63) is 51.8 Å². The number of rotatable bonds is 2. The zero-order valence-corrected chi connectivity index (χ0v) is 14.3. The number of carboxylic acids is 1. The number of ether oxygens (including phenoxy) is 1. The average Bonchev–Trinajstić information content (AvgIpc) is 2.51. The van der Waals surface area contributed by atoms with Crippen molar-refractivity contribution in [3.8, 4) is 17.0 Å². The molecule has 1 aliphatic heterocycles. The molecule has 0 aliphatic carbocycles. The Hall–Kier alpha value is -2.56. The fourth-order valence-electron chi connectivity index (χ4n) is 3.31. The van der Waals surface area contributed by atoms with Crippen molar-refractivity contribution < 1.29 is 14.6 Å². The van der Waals surface area contributed by atoms with E-state index in [0.717, 1.165) is 23.2 Å². The third-order valence-corrected chi connectivity index (χ3v) is 4.65. The van der Waals surface area contributed by atoms with Gasteiger partial charge in [-0.2, -0.15) is 0 Å². The molecule has 0 saturated heterocycles. The molecule has 2 heterocycles. The van der Waals surface area contributed by atoms with Crippen molar-refractivity contribution in [2.75, 3.05) is 7.11 Å². The third-order valence-electron chi connectivity index (χ3n) is 4.65. The van der Waals surface area contributed by atoms with Crippen LogP contribution in [-0.4, -0.2) is 22.8 Å². The molecule has 0 amide bonds. The molecule has 1 atom stereocenters. The molecule has 1 unspecified atom stereocenters. The van der Waals surface area contributed by atoms with E-state index < -0.39 is 11.4 Å². The Kier molecular flexibility index (Phi) is 3.74. The van der Waals surface area contributed by atoms with E-state index in [0.29, 0.717) is 5.75 Å². The van der Waals surface area contributed by atoms with Crippen molar-refractivity contribution in [1.29, 1.82) is 0 Å². The van der Waals surface area contributed by atoms with Gasteiger partial charge in [0.25, 0.3) is 0 Å². The Labute approximate surface area is 140 Å². The molecular formula is C19H21NO4. The van der Waals surface area contributed by atoms with Crippen molar-refractivity contribution in [3.63, 3.8) is 0 Å².